The molecule has 4 aliphatic heterocycles. The van der Waals surface area contributed by atoms with Crippen LogP contribution in [0.25, 0.3) is 0 Å². The number of hydrogen-bond donors (Lipinski definition) is 9. The van der Waals surface area contributed by atoms with Crippen molar-refractivity contribution in [2.75, 3.05) is 26.9 Å². The first kappa shape index (κ1) is 63.6. The molecular formula is C50H79NaO25S. The second kappa shape index (κ2) is 24.0. The van der Waals surface area contributed by atoms with Gasteiger partial charge in [-0.05, 0) is 85.9 Å². The van der Waals surface area contributed by atoms with E-state index >= 15 is 0 Å². The molecule has 436 valence electrons. The van der Waals surface area contributed by atoms with E-state index in [1.807, 2.05) is 0 Å². The van der Waals surface area contributed by atoms with E-state index in [1.54, 1.807) is 6.92 Å². The van der Waals surface area contributed by atoms with Crippen LogP contribution in [0.15, 0.2) is 11.6 Å². The van der Waals surface area contributed by atoms with Crippen molar-refractivity contribution in [2.45, 2.75) is 223 Å². The summed E-state index contributed by atoms with van der Waals surface area (Å²) in [7, 11) is -4.25. The summed E-state index contributed by atoms with van der Waals surface area (Å²) in [6.07, 6.45) is -27.1. The molecule has 0 aromatic carbocycles. The van der Waals surface area contributed by atoms with Gasteiger partial charge in [-0.15, -0.1) is 0 Å². The van der Waals surface area contributed by atoms with E-state index in [4.69, 9.17) is 47.4 Å². The number of hydrogen-bond acceptors (Lipinski definition) is 25. The van der Waals surface area contributed by atoms with Crippen LogP contribution < -0.4 is 29.6 Å². The maximum Gasteiger partial charge on any atom is 1.00 e. The van der Waals surface area contributed by atoms with Crippen LogP contribution >= 0.6 is 0 Å². The monoisotopic (exact) mass is 1130 g/mol. The molecular weight excluding hydrogens is 1060 g/mol. The van der Waals surface area contributed by atoms with Crippen LogP contribution in [0.3, 0.4) is 0 Å². The zero-order valence-electron chi connectivity index (χ0n) is 45.3. The maximum atomic E-state index is 13.3. The summed E-state index contributed by atoms with van der Waals surface area (Å²) in [5.74, 6) is -0.727. The smallest absolute Gasteiger partial charge is 0.726 e. The SMILES string of the molecule is CO[C@@H]1[C@@H](O)[C@H](O[C@@H]2[C@@H](O)[C@H](O[C@@H]3CO[C@@H](O[C@H]4CC[C@]5(C)C6=CC[C@]7(C)[C@@H](C(C)=O)[C@H](OC(C)=O)C[C@@]7(C)[C@@H]6CC[C@H]5C4(C)C)[C@H](O[C@@H]4O[C@H](C)[C@@H](O)[C@H](O)[C@H]4O)[C@H]3O)O[C@H](COS(=O)(=O)[O-])[C@H]2O)O[C@H](CO)[C@H]1O.[Na+]. The van der Waals surface area contributed by atoms with Crippen LogP contribution in [-0.4, -0.2) is 227 Å². The first-order valence-corrected chi connectivity index (χ1v) is 27.5. The number of esters is 1. The van der Waals surface area contributed by atoms with Gasteiger partial charge in [0.15, 0.2) is 25.2 Å². The van der Waals surface area contributed by atoms with Gasteiger partial charge in [-0.2, -0.15) is 0 Å². The predicted octanol–water partition coefficient (Wildman–Crippen LogP) is -4.81. The zero-order valence-corrected chi connectivity index (χ0v) is 48.1. The Labute approximate surface area is 470 Å². The summed E-state index contributed by atoms with van der Waals surface area (Å²) in [5.41, 5.74) is -0.388. The Morgan fingerprint density at radius 3 is 1.95 bits per heavy atom. The number of aliphatic hydroxyl groups is 9. The van der Waals surface area contributed by atoms with Crippen LogP contribution in [-0.2, 0) is 71.5 Å². The molecule has 77 heavy (non-hydrogen) atoms. The van der Waals surface area contributed by atoms with Crippen LogP contribution in [0.2, 0.25) is 0 Å². The van der Waals surface area contributed by atoms with E-state index in [2.05, 4.69) is 44.9 Å². The number of allylic oxidation sites excluding steroid dienone is 2. The normalized spacial score (nSPS) is 49.8. The average Bonchev–Trinajstić information content (AvgIpc) is 3.57. The minimum absolute atomic E-state index is 0. The molecule has 0 aromatic rings. The molecule has 0 amide bonds. The molecule has 7 fully saturated rings. The molecule has 8 rings (SSSR count). The van der Waals surface area contributed by atoms with Gasteiger partial charge in [0.05, 0.1) is 37.9 Å². The predicted molar refractivity (Wildman–Crippen MR) is 253 cm³/mol. The van der Waals surface area contributed by atoms with Crippen molar-refractivity contribution in [3.05, 3.63) is 11.6 Å². The Balaban J connectivity index is 0.00000861. The van der Waals surface area contributed by atoms with Crippen LogP contribution in [0.1, 0.15) is 93.9 Å². The van der Waals surface area contributed by atoms with Crippen LogP contribution in [0, 0.1) is 39.4 Å². The zero-order chi connectivity index (χ0) is 55.9. The van der Waals surface area contributed by atoms with Crippen molar-refractivity contribution < 1.29 is 150 Å². The Morgan fingerprint density at radius 1 is 0.714 bits per heavy atom. The van der Waals surface area contributed by atoms with Gasteiger partial charge in [0, 0.05) is 14.0 Å². The molecule has 0 radical (unpaired) electrons. The first-order chi connectivity index (χ1) is 35.4. The molecule has 0 unspecified atom stereocenters. The number of methoxy groups -OCH3 is 1. The van der Waals surface area contributed by atoms with E-state index in [-0.39, 0.29) is 58.0 Å². The summed E-state index contributed by atoms with van der Waals surface area (Å²) < 4.78 is 98.6. The summed E-state index contributed by atoms with van der Waals surface area (Å²) in [6.45, 7) is 12.8. The van der Waals surface area contributed by atoms with Crippen molar-refractivity contribution in [1.82, 2.24) is 0 Å². The standard InChI is InChI=1S/C50H80O25S.Na/c1-20(52)31-25(69-22(3)53)16-50(8)24-10-11-29-47(4,5)30(13-14-48(29,6)23(24)12-15-49(31,50)7)73-46-42(75-43-37(59)36(58)32(54)21(2)68-43)35(57)27(18-66-46)71-44-39(61)41(34(56)28(72-44)19-67-76(62,63)64)74-45-38(60)40(65-9)33(55)26(17-51)70-45;/h12,21,24-46,51,54-61H,10-11,13-19H2,1-9H3,(H,62,63,64);/q;+1/p-1/t21-,24-,25-,26-,27-,28-,29+,30+,31+,32-,33-,34-,35+,36+,37-,38-,39-,40+,41+,42-,43+,44-,45+,46+,48-,49-,50+;/m1./s1. The third-order valence-electron chi connectivity index (χ3n) is 19.0. The van der Waals surface area contributed by atoms with Gasteiger partial charge in [-0.1, -0.05) is 46.3 Å². The van der Waals surface area contributed by atoms with E-state index in [9.17, 15) is 68.5 Å². The molecule has 4 saturated heterocycles. The number of Topliss-reactive ketones (excluding diaryl/α,β-unsaturated/α-hetero) is 1. The summed E-state index contributed by atoms with van der Waals surface area (Å²) in [4.78, 5) is 25.6. The van der Waals surface area contributed by atoms with Crippen molar-refractivity contribution >= 4 is 22.2 Å². The number of ketones is 1. The van der Waals surface area contributed by atoms with E-state index < -0.39 is 182 Å². The van der Waals surface area contributed by atoms with Crippen LogP contribution in [0.4, 0.5) is 0 Å². The molecule has 25 nitrogen and oxygen atoms in total. The maximum absolute atomic E-state index is 13.3. The fourth-order valence-corrected chi connectivity index (χ4v) is 15.1. The number of rotatable bonds is 15. The number of carbonyl (C=O) groups is 2. The second-order valence-corrected chi connectivity index (χ2v) is 24.6. The Morgan fingerprint density at radius 2 is 1.32 bits per heavy atom. The molecule has 0 aromatic heterocycles. The molecule has 3 saturated carbocycles. The van der Waals surface area contributed by atoms with Crippen molar-refractivity contribution in [3.8, 4) is 0 Å². The minimum atomic E-state index is -5.40. The molecule has 8 aliphatic rings. The fraction of sp³-hybridized carbons (Fsp3) is 0.920. The Kier molecular flexibility index (Phi) is 19.8. The third-order valence-corrected chi connectivity index (χ3v) is 19.4. The quantitative estimate of drug-likeness (QED) is 0.0186. The van der Waals surface area contributed by atoms with Gasteiger partial charge in [-0.3, -0.25) is 13.8 Å². The van der Waals surface area contributed by atoms with Crippen molar-refractivity contribution in [2.24, 2.45) is 39.4 Å². The minimum Gasteiger partial charge on any atom is -0.726 e. The molecule has 0 bridgehead atoms. The fourth-order valence-electron chi connectivity index (χ4n) is 14.8. The number of aliphatic hydroxyl groups excluding tert-OH is 9. The van der Waals surface area contributed by atoms with E-state index in [1.165, 1.54) is 19.4 Å². The Bertz CT molecular complexity index is 2230. The molecule has 4 heterocycles. The van der Waals surface area contributed by atoms with Gasteiger partial charge in [-0.25, -0.2) is 8.42 Å². The summed E-state index contributed by atoms with van der Waals surface area (Å²) in [6, 6.07) is 0. The number of fused-ring (bicyclic) bond motifs is 5. The molecule has 9 N–H and O–H groups in total. The molecule has 27 heteroatoms. The topological polar surface area (TPSA) is 375 Å². The van der Waals surface area contributed by atoms with Crippen molar-refractivity contribution in [1.29, 1.82) is 0 Å². The van der Waals surface area contributed by atoms with E-state index in [0.29, 0.717) is 25.7 Å². The largest absolute Gasteiger partial charge is 1.00 e. The first-order valence-electron chi connectivity index (χ1n) is 26.2. The Hall–Kier alpha value is -0.970. The molecule has 0 spiro atoms. The molecule has 4 aliphatic carbocycles. The summed E-state index contributed by atoms with van der Waals surface area (Å²) >= 11 is 0. The van der Waals surface area contributed by atoms with Gasteiger partial charge >= 0.3 is 35.5 Å². The molecule has 27 atom stereocenters. The summed E-state index contributed by atoms with van der Waals surface area (Å²) in [5, 5.41) is 99.3. The number of ether oxygens (including phenoxy) is 10. The van der Waals surface area contributed by atoms with Crippen molar-refractivity contribution in [3.63, 3.8) is 0 Å². The van der Waals surface area contributed by atoms with Gasteiger partial charge < -0.3 is 97.9 Å². The van der Waals surface area contributed by atoms with Gasteiger partial charge in [0.2, 0.25) is 10.4 Å². The van der Waals surface area contributed by atoms with Crippen LogP contribution in [0.5, 0.6) is 0 Å². The third kappa shape index (κ3) is 11.7. The van der Waals surface area contributed by atoms with Gasteiger partial charge in [0.25, 0.3) is 0 Å². The van der Waals surface area contributed by atoms with E-state index in [0.717, 1.165) is 20.0 Å². The second-order valence-electron chi connectivity index (χ2n) is 23.6. The van der Waals surface area contributed by atoms with Gasteiger partial charge in [0.1, 0.15) is 97.3 Å². The number of carbonyl (C=O) groups excluding carboxylic acids is 2. The average molecular weight is 1140 g/mol.